The van der Waals surface area contributed by atoms with E-state index in [1.165, 1.54) is 77.0 Å². The first-order valence-corrected chi connectivity index (χ1v) is 26.2. The Morgan fingerprint density at radius 3 is 1.75 bits per heavy atom. The lowest BCUT2D eigenvalue weighted by Gasteiger charge is -2.61. The zero-order valence-corrected chi connectivity index (χ0v) is 43.1. The Hall–Kier alpha value is -3.76. The lowest BCUT2D eigenvalue weighted by Crippen LogP contribution is -2.53. The summed E-state index contributed by atoms with van der Waals surface area (Å²) in [7, 11) is 0. The van der Waals surface area contributed by atoms with Crippen LogP contribution in [0.15, 0.2) is 30.3 Å². The van der Waals surface area contributed by atoms with E-state index < -0.39 is 24.2 Å². The minimum atomic E-state index is -1.02. The quantitative estimate of drug-likeness (QED) is 0.0810. The molecule has 67 heavy (non-hydrogen) atoms. The van der Waals surface area contributed by atoms with Crippen molar-refractivity contribution in [1.29, 1.82) is 0 Å². The molecule has 0 bridgehead atoms. The summed E-state index contributed by atoms with van der Waals surface area (Å²) in [6.45, 7) is 19.4. The van der Waals surface area contributed by atoms with Crippen molar-refractivity contribution in [3.8, 4) is 11.5 Å². The maximum absolute atomic E-state index is 13.5. The third kappa shape index (κ3) is 11.8. The topological polar surface area (TPSA) is 124 Å². The first-order chi connectivity index (χ1) is 32.0. The van der Waals surface area contributed by atoms with Crippen LogP contribution < -0.4 is 9.47 Å². The van der Waals surface area contributed by atoms with Crippen LogP contribution in [-0.2, 0) is 18.9 Å². The maximum Gasteiger partial charge on any atom is 0.513 e. The number of rotatable bonds is 18. The van der Waals surface area contributed by atoms with Gasteiger partial charge >= 0.3 is 24.2 Å². The SMILES string of the molecule is CCOC(=O)Oc1c(Cl)cc(C(=CCC[C@H]2CC[C@@]3(C)[C@@H](CC[C@@H]4[C@@H]3CC[C@]3(C)[C@@H](C(C)CCCC(C)C)CC[C@@H]43)C2)c2cc(Cl)c(OC(=O)OCC)c(C(=O)OCC)c2)cc1C(=O)OCC. The Labute approximate surface area is 409 Å². The summed E-state index contributed by atoms with van der Waals surface area (Å²) >= 11 is 13.7. The number of carbonyl (C=O) groups excluding carboxylic acids is 4. The van der Waals surface area contributed by atoms with E-state index in [1.807, 2.05) is 0 Å². The second kappa shape index (κ2) is 23.2. The monoisotopic (exact) mass is 966 g/mol. The molecule has 12 heteroatoms. The molecule has 0 aliphatic heterocycles. The molecule has 0 amide bonds. The van der Waals surface area contributed by atoms with Gasteiger partial charge in [0.05, 0.1) is 36.5 Å². The molecule has 0 spiro atoms. The van der Waals surface area contributed by atoms with Gasteiger partial charge < -0.3 is 28.4 Å². The normalized spacial score (nSPS) is 26.9. The Bertz CT molecular complexity index is 2020. The van der Waals surface area contributed by atoms with E-state index in [1.54, 1.807) is 52.0 Å². The van der Waals surface area contributed by atoms with Crippen molar-refractivity contribution >= 4 is 53.0 Å². The molecule has 10 nitrogen and oxygen atoms in total. The van der Waals surface area contributed by atoms with Crippen molar-refractivity contribution in [2.45, 2.75) is 152 Å². The number of ether oxygens (including phenoxy) is 6. The molecule has 0 heterocycles. The van der Waals surface area contributed by atoms with Gasteiger partial charge in [-0.25, -0.2) is 19.2 Å². The number of halogens is 2. The van der Waals surface area contributed by atoms with Crippen LogP contribution in [0.1, 0.15) is 184 Å². The molecule has 4 saturated carbocycles. The van der Waals surface area contributed by atoms with E-state index in [9.17, 15) is 19.2 Å². The molecule has 0 aromatic heterocycles. The molecule has 4 aliphatic rings. The Morgan fingerprint density at radius 2 is 1.21 bits per heavy atom. The standard InChI is InChI=1S/C55H76Cl2O10/c1-10-62-50(58)41-29-36(31-46(56)48(41)66-52(60)64-12-3)39(37-30-42(51(59)63-11-2)49(47(57)32-37)67-53(61)65-13-4)19-15-18-35-24-26-54(8)38(28-35)20-21-40-44-23-22-43(34(7)17-14-16-33(5)6)55(44,9)27-25-45(40)54/h19,29-35,38,40,43-45H,10-18,20-28H2,1-9H3/t34?,35-,38-,40-,43+,44-,45-,54-,55+/m0/s1. The van der Waals surface area contributed by atoms with Crippen LogP contribution >= 0.6 is 23.2 Å². The molecule has 1 unspecified atom stereocenters. The first kappa shape index (κ1) is 52.6. The van der Waals surface area contributed by atoms with Crippen LogP contribution in [0.4, 0.5) is 9.59 Å². The molecule has 0 N–H and O–H groups in total. The minimum absolute atomic E-state index is 0.0343. The Morgan fingerprint density at radius 1 is 0.672 bits per heavy atom. The van der Waals surface area contributed by atoms with Gasteiger partial charge in [-0.2, -0.15) is 0 Å². The lowest BCUT2D eigenvalue weighted by molar-refractivity contribution is -0.121. The third-order valence-corrected chi connectivity index (χ3v) is 17.1. The average molecular weight is 968 g/mol. The molecule has 6 rings (SSSR count). The molecule has 0 radical (unpaired) electrons. The zero-order chi connectivity index (χ0) is 48.6. The van der Waals surface area contributed by atoms with Gasteiger partial charge in [0, 0.05) is 0 Å². The molecule has 370 valence electrons. The smallest absolute Gasteiger partial charge is 0.462 e. The predicted molar refractivity (Wildman–Crippen MR) is 263 cm³/mol. The molecular weight excluding hydrogens is 892 g/mol. The molecule has 0 saturated heterocycles. The van der Waals surface area contributed by atoms with Gasteiger partial charge in [0.1, 0.15) is 11.1 Å². The van der Waals surface area contributed by atoms with Crippen molar-refractivity contribution < 1.29 is 47.6 Å². The number of esters is 2. The zero-order valence-electron chi connectivity index (χ0n) is 41.6. The minimum Gasteiger partial charge on any atom is -0.462 e. The number of hydrogen-bond acceptors (Lipinski definition) is 10. The van der Waals surface area contributed by atoms with E-state index >= 15 is 0 Å². The van der Waals surface area contributed by atoms with E-state index in [0.29, 0.717) is 45.8 Å². The van der Waals surface area contributed by atoms with E-state index in [2.05, 4.69) is 40.7 Å². The largest absolute Gasteiger partial charge is 0.513 e. The number of allylic oxidation sites excluding steroid dienone is 1. The van der Waals surface area contributed by atoms with Gasteiger partial charge in [-0.3, -0.25) is 0 Å². The summed E-state index contributed by atoms with van der Waals surface area (Å²) < 4.78 is 31.7. The van der Waals surface area contributed by atoms with Crippen LogP contribution in [0.2, 0.25) is 10.0 Å². The van der Waals surface area contributed by atoms with Gasteiger partial charge in [-0.05, 0) is 197 Å². The van der Waals surface area contributed by atoms with Crippen molar-refractivity contribution in [2.75, 3.05) is 26.4 Å². The molecule has 9 atom stereocenters. The second-order valence-corrected chi connectivity index (χ2v) is 21.5. The van der Waals surface area contributed by atoms with Gasteiger partial charge in [0.15, 0.2) is 11.5 Å². The number of carbonyl (C=O) groups is 4. The van der Waals surface area contributed by atoms with Gasteiger partial charge in [0.2, 0.25) is 0 Å². The Balaban J connectivity index is 1.27. The summed E-state index contributed by atoms with van der Waals surface area (Å²) in [5.74, 6) is 4.27. The number of hydrogen-bond donors (Lipinski definition) is 0. The van der Waals surface area contributed by atoms with Crippen molar-refractivity contribution in [2.24, 2.45) is 58.2 Å². The molecule has 4 fully saturated rings. The lowest BCUT2D eigenvalue weighted by atomic mass is 9.44. The van der Waals surface area contributed by atoms with E-state index in [-0.39, 0.29) is 59.1 Å². The Kier molecular flexibility index (Phi) is 18.2. The number of benzene rings is 2. The highest BCUT2D eigenvalue weighted by Gasteiger charge is 2.60. The predicted octanol–water partition coefficient (Wildman–Crippen LogP) is 15.4. The summed E-state index contributed by atoms with van der Waals surface area (Å²) in [5.41, 5.74) is 2.23. The van der Waals surface area contributed by atoms with Gasteiger partial charge in [-0.15, -0.1) is 0 Å². The van der Waals surface area contributed by atoms with Gasteiger partial charge in [-0.1, -0.05) is 83.2 Å². The molecular formula is C55H76Cl2O10. The van der Waals surface area contributed by atoms with E-state index in [0.717, 1.165) is 41.9 Å². The molecule has 2 aromatic rings. The highest BCUT2D eigenvalue weighted by Crippen LogP contribution is 2.69. The highest BCUT2D eigenvalue weighted by molar-refractivity contribution is 6.33. The van der Waals surface area contributed by atoms with Crippen LogP contribution in [-0.4, -0.2) is 50.7 Å². The summed E-state index contributed by atoms with van der Waals surface area (Å²) in [6.07, 6.45) is 17.6. The first-order valence-electron chi connectivity index (χ1n) is 25.4. The maximum atomic E-state index is 13.5. The number of fused-ring (bicyclic) bond motifs is 5. The van der Waals surface area contributed by atoms with E-state index in [4.69, 9.17) is 51.6 Å². The fourth-order valence-electron chi connectivity index (χ4n) is 13.4. The summed E-state index contributed by atoms with van der Waals surface area (Å²) in [5, 5.41) is -0.0686. The average Bonchev–Trinajstić information content (AvgIpc) is 3.64. The fraction of sp³-hybridized carbons (Fsp3) is 0.673. The molecule has 2 aromatic carbocycles. The van der Waals surface area contributed by atoms with Crippen molar-refractivity contribution in [1.82, 2.24) is 0 Å². The fourth-order valence-corrected chi connectivity index (χ4v) is 13.9. The third-order valence-electron chi connectivity index (χ3n) is 16.5. The van der Waals surface area contributed by atoms with Crippen molar-refractivity contribution in [3.63, 3.8) is 0 Å². The van der Waals surface area contributed by atoms with Crippen LogP contribution in [0.5, 0.6) is 11.5 Å². The van der Waals surface area contributed by atoms with Gasteiger partial charge in [0.25, 0.3) is 0 Å². The molecule has 4 aliphatic carbocycles. The summed E-state index contributed by atoms with van der Waals surface area (Å²) in [4.78, 5) is 52.0. The van der Waals surface area contributed by atoms with Crippen LogP contribution in [0.25, 0.3) is 5.57 Å². The second-order valence-electron chi connectivity index (χ2n) is 20.7. The highest BCUT2D eigenvalue weighted by atomic mass is 35.5. The van der Waals surface area contributed by atoms with Crippen LogP contribution in [0.3, 0.4) is 0 Å². The van der Waals surface area contributed by atoms with Crippen LogP contribution in [0, 0.1) is 58.2 Å². The van der Waals surface area contributed by atoms with Crippen molar-refractivity contribution in [3.05, 3.63) is 62.6 Å². The summed E-state index contributed by atoms with van der Waals surface area (Å²) in [6, 6.07) is 6.27.